The Balaban J connectivity index is 1.87. The van der Waals surface area contributed by atoms with Crippen molar-refractivity contribution in [2.24, 2.45) is 5.92 Å². The van der Waals surface area contributed by atoms with Crippen molar-refractivity contribution in [2.75, 3.05) is 31.6 Å². The summed E-state index contributed by atoms with van der Waals surface area (Å²) in [7, 11) is 1.97. The highest BCUT2D eigenvalue weighted by atomic mass is 35.5. The number of nitrogens with zero attached hydrogens (tertiary/aromatic N) is 4. The van der Waals surface area contributed by atoms with E-state index >= 15 is 0 Å². The summed E-state index contributed by atoms with van der Waals surface area (Å²) in [4.78, 5) is 23.9. The van der Waals surface area contributed by atoms with E-state index in [1.54, 1.807) is 11.1 Å². The molecule has 7 heteroatoms. The fourth-order valence-corrected chi connectivity index (χ4v) is 2.64. The first-order chi connectivity index (χ1) is 10.2. The molecule has 0 radical (unpaired) electrons. The third-order valence-corrected chi connectivity index (χ3v) is 3.65. The molecule has 22 heavy (non-hydrogen) atoms. The summed E-state index contributed by atoms with van der Waals surface area (Å²) < 4.78 is 5.41. The van der Waals surface area contributed by atoms with Crippen molar-refractivity contribution in [3.63, 3.8) is 0 Å². The zero-order chi connectivity index (χ0) is 16.3. The summed E-state index contributed by atoms with van der Waals surface area (Å²) in [5, 5.41) is 0.242. The second kappa shape index (κ2) is 6.69. The van der Waals surface area contributed by atoms with E-state index in [9.17, 15) is 4.79 Å². The van der Waals surface area contributed by atoms with Crippen LogP contribution >= 0.6 is 11.6 Å². The minimum Gasteiger partial charge on any atom is -0.444 e. The van der Waals surface area contributed by atoms with Gasteiger partial charge in [-0.3, -0.25) is 0 Å². The highest BCUT2D eigenvalue weighted by molar-refractivity contribution is 6.28. The predicted octanol–water partition coefficient (Wildman–Crippen LogP) is 2.82. The van der Waals surface area contributed by atoms with Gasteiger partial charge in [-0.1, -0.05) is 0 Å². The van der Waals surface area contributed by atoms with Gasteiger partial charge in [0.25, 0.3) is 0 Å². The van der Waals surface area contributed by atoms with Crippen molar-refractivity contribution in [1.82, 2.24) is 14.9 Å². The van der Waals surface area contributed by atoms with Crippen molar-refractivity contribution < 1.29 is 9.53 Å². The third-order valence-electron chi connectivity index (χ3n) is 3.47. The first kappa shape index (κ1) is 16.8. The van der Waals surface area contributed by atoms with Gasteiger partial charge in [0, 0.05) is 32.9 Å². The number of amides is 1. The summed E-state index contributed by atoms with van der Waals surface area (Å²) in [5.41, 5.74) is -0.455. The van der Waals surface area contributed by atoms with E-state index in [2.05, 4.69) is 9.97 Å². The Morgan fingerprint density at radius 1 is 1.55 bits per heavy atom. The average Bonchev–Trinajstić information content (AvgIpc) is 2.85. The van der Waals surface area contributed by atoms with Gasteiger partial charge in [-0.2, -0.15) is 0 Å². The monoisotopic (exact) mass is 326 g/mol. The maximum absolute atomic E-state index is 12.1. The molecule has 0 saturated carbocycles. The molecule has 1 fully saturated rings. The molecule has 0 bridgehead atoms. The molecule has 0 N–H and O–H groups in total. The third kappa shape index (κ3) is 4.73. The lowest BCUT2D eigenvalue weighted by Gasteiger charge is -2.25. The molecule has 1 amide bonds. The maximum atomic E-state index is 12.1. The molecule has 1 atom stereocenters. The molecule has 6 nitrogen and oxygen atoms in total. The normalized spacial score (nSPS) is 18.4. The summed E-state index contributed by atoms with van der Waals surface area (Å²) >= 11 is 5.81. The van der Waals surface area contributed by atoms with Crippen LogP contribution in [0.25, 0.3) is 0 Å². The zero-order valence-corrected chi connectivity index (χ0v) is 14.3. The van der Waals surface area contributed by atoms with Crippen LogP contribution in [0.3, 0.4) is 0 Å². The Morgan fingerprint density at radius 2 is 2.27 bits per heavy atom. The summed E-state index contributed by atoms with van der Waals surface area (Å²) in [6.07, 6.45) is 2.37. The van der Waals surface area contributed by atoms with E-state index in [0.717, 1.165) is 25.3 Å². The minimum atomic E-state index is -0.455. The first-order valence-corrected chi connectivity index (χ1v) is 7.80. The number of halogens is 1. The van der Waals surface area contributed by atoms with Gasteiger partial charge in [0.05, 0.1) is 0 Å². The number of rotatable bonds is 3. The van der Waals surface area contributed by atoms with Crippen molar-refractivity contribution in [1.29, 1.82) is 0 Å². The van der Waals surface area contributed by atoms with E-state index in [1.165, 1.54) is 0 Å². The number of likely N-dealkylation sites (tertiary alicyclic amines) is 1. The number of carbonyl (C=O) groups is 1. The van der Waals surface area contributed by atoms with Gasteiger partial charge in [-0.15, -0.1) is 0 Å². The molecular weight excluding hydrogens is 304 g/mol. The molecule has 0 spiro atoms. The molecule has 1 aromatic heterocycles. The van der Waals surface area contributed by atoms with Crippen LogP contribution < -0.4 is 4.90 Å². The lowest BCUT2D eigenvalue weighted by atomic mass is 10.1. The lowest BCUT2D eigenvalue weighted by Crippen LogP contribution is -2.36. The second-order valence-electron chi connectivity index (χ2n) is 6.65. The summed E-state index contributed by atoms with van der Waals surface area (Å²) in [5.74, 6) is 1.18. The van der Waals surface area contributed by atoms with Gasteiger partial charge in [0.15, 0.2) is 0 Å². The predicted molar refractivity (Wildman–Crippen MR) is 86.2 cm³/mol. The van der Waals surface area contributed by atoms with Gasteiger partial charge in [-0.05, 0) is 50.8 Å². The SMILES string of the molecule is CN(C[C@@H]1CCN(C(=O)OC(C)(C)C)C1)c1ccnc(Cl)n1. The van der Waals surface area contributed by atoms with Crippen LogP contribution in [0.2, 0.25) is 5.28 Å². The highest BCUT2D eigenvalue weighted by Gasteiger charge is 2.30. The van der Waals surface area contributed by atoms with E-state index < -0.39 is 5.60 Å². The molecule has 1 aliphatic heterocycles. The molecule has 0 aliphatic carbocycles. The largest absolute Gasteiger partial charge is 0.444 e. The molecule has 0 unspecified atom stereocenters. The second-order valence-corrected chi connectivity index (χ2v) is 6.98. The molecule has 1 saturated heterocycles. The van der Waals surface area contributed by atoms with Crippen LogP contribution in [-0.4, -0.2) is 53.2 Å². The summed E-state index contributed by atoms with van der Waals surface area (Å²) in [6, 6.07) is 1.83. The fourth-order valence-electron chi connectivity index (χ4n) is 2.49. The number of hydrogen-bond acceptors (Lipinski definition) is 5. The Morgan fingerprint density at radius 3 is 2.91 bits per heavy atom. The highest BCUT2D eigenvalue weighted by Crippen LogP contribution is 2.22. The smallest absolute Gasteiger partial charge is 0.410 e. The van der Waals surface area contributed by atoms with Crippen molar-refractivity contribution >= 4 is 23.5 Å². The van der Waals surface area contributed by atoms with Crippen LogP contribution in [-0.2, 0) is 4.74 Å². The van der Waals surface area contributed by atoms with Crippen LogP contribution in [0.4, 0.5) is 10.6 Å². The quantitative estimate of drug-likeness (QED) is 0.799. The van der Waals surface area contributed by atoms with E-state index in [1.807, 2.05) is 38.8 Å². The number of anilines is 1. The van der Waals surface area contributed by atoms with Crippen LogP contribution in [0.5, 0.6) is 0 Å². The number of carbonyl (C=O) groups excluding carboxylic acids is 1. The van der Waals surface area contributed by atoms with Gasteiger partial charge in [-0.25, -0.2) is 14.8 Å². The fraction of sp³-hybridized carbons (Fsp3) is 0.667. The van der Waals surface area contributed by atoms with Gasteiger partial charge < -0.3 is 14.5 Å². The van der Waals surface area contributed by atoms with Crippen molar-refractivity contribution in [3.05, 3.63) is 17.5 Å². The first-order valence-electron chi connectivity index (χ1n) is 7.42. The van der Waals surface area contributed by atoms with Crippen LogP contribution in [0, 0.1) is 5.92 Å². The van der Waals surface area contributed by atoms with Crippen molar-refractivity contribution in [3.8, 4) is 0 Å². The average molecular weight is 327 g/mol. The summed E-state index contributed by atoms with van der Waals surface area (Å²) in [6.45, 7) is 7.89. The van der Waals surface area contributed by atoms with E-state index in [4.69, 9.17) is 16.3 Å². The number of hydrogen-bond donors (Lipinski definition) is 0. The molecule has 122 valence electrons. The minimum absolute atomic E-state index is 0.234. The molecule has 2 rings (SSSR count). The van der Waals surface area contributed by atoms with E-state index in [0.29, 0.717) is 12.5 Å². The van der Waals surface area contributed by atoms with Crippen LogP contribution in [0.1, 0.15) is 27.2 Å². The Bertz CT molecular complexity index is 533. The zero-order valence-electron chi connectivity index (χ0n) is 13.5. The van der Waals surface area contributed by atoms with Gasteiger partial charge >= 0.3 is 6.09 Å². The standard InChI is InChI=1S/C15H23ClN4O2/c1-15(2,3)22-14(21)20-8-6-11(10-20)9-19(4)12-5-7-17-13(16)18-12/h5,7,11H,6,8-10H2,1-4H3/t11-/m0/s1. The molecular formula is C15H23ClN4O2. The van der Waals surface area contributed by atoms with Gasteiger partial charge in [0.1, 0.15) is 11.4 Å². The number of ether oxygens (including phenoxy) is 1. The lowest BCUT2D eigenvalue weighted by molar-refractivity contribution is 0.0288. The molecule has 1 aliphatic rings. The molecule has 1 aromatic rings. The Hall–Kier alpha value is -1.56. The Labute approximate surface area is 136 Å². The topological polar surface area (TPSA) is 58.6 Å². The van der Waals surface area contributed by atoms with Crippen molar-refractivity contribution in [2.45, 2.75) is 32.8 Å². The Kier molecular flexibility index (Phi) is 5.11. The number of aromatic nitrogens is 2. The maximum Gasteiger partial charge on any atom is 0.410 e. The molecule has 2 heterocycles. The van der Waals surface area contributed by atoms with Gasteiger partial charge in [0.2, 0.25) is 5.28 Å². The molecule has 0 aromatic carbocycles. The van der Waals surface area contributed by atoms with Crippen LogP contribution in [0.15, 0.2) is 12.3 Å². The van der Waals surface area contributed by atoms with E-state index in [-0.39, 0.29) is 11.4 Å².